The molecule has 4 aromatic heterocycles. The Bertz CT molecular complexity index is 3450. The van der Waals surface area contributed by atoms with E-state index in [0.717, 1.165) is 100 Å². The van der Waals surface area contributed by atoms with Crippen molar-refractivity contribution >= 4 is 78.0 Å². The topological polar surface area (TPSA) is 51.8 Å². The van der Waals surface area contributed by atoms with Gasteiger partial charge in [-0.3, -0.25) is 4.57 Å². The van der Waals surface area contributed by atoms with Gasteiger partial charge >= 0.3 is 0 Å². The number of anilines is 3. The molecule has 268 valence electrons. The van der Waals surface area contributed by atoms with Crippen LogP contribution in [0.25, 0.3) is 88.9 Å². The second kappa shape index (κ2) is 12.3. The molecule has 12 aromatic rings. The number of furan rings is 2. The van der Waals surface area contributed by atoms with Crippen LogP contribution in [0.5, 0.6) is 0 Å². The summed E-state index contributed by atoms with van der Waals surface area (Å²) in [6.45, 7) is 0. The zero-order chi connectivity index (χ0) is 37.5. The third-order valence-electron chi connectivity index (χ3n) is 11.1. The smallest absolute Gasteiger partial charge is 0.232 e. The molecule has 12 rings (SSSR count). The Hall–Kier alpha value is -7.83. The molecule has 8 aromatic carbocycles. The maximum Gasteiger partial charge on any atom is 0.232 e. The van der Waals surface area contributed by atoms with Crippen LogP contribution in [0.15, 0.2) is 203 Å². The fourth-order valence-corrected chi connectivity index (χ4v) is 8.50. The number of imidazole rings is 2. The van der Waals surface area contributed by atoms with Gasteiger partial charge in [0.1, 0.15) is 22.3 Å². The van der Waals surface area contributed by atoms with E-state index in [0.29, 0.717) is 0 Å². The highest BCUT2D eigenvalue weighted by molar-refractivity contribution is 6.10. The lowest BCUT2D eigenvalue weighted by molar-refractivity contribution is 0.651. The highest BCUT2D eigenvalue weighted by atomic mass is 16.3. The van der Waals surface area contributed by atoms with Crippen molar-refractivity contribution in [1.29, 1.82) is 0 Å². The number of aromatic nitrogens is 3. The van der Waals surface area contributed by atoms with Crippen molar-refractivity contribution in [3.63, 3.8) is 0 Å². The maximum atomic E-state index is 6.57. The molecule has 0 aliphatic rings. The number of hydrogen-bond donors (Lipinski definition) is 0. The van der Waals surface area contributed by atoms with E-state index in [1.807, 2.05) is 36.4 Å². The molecular weight excluding hydrogens is 701 g/mol. The highest BCUT2D eigenvalue weighted by Gasteiger charge is 2.24. The van der Waals surface area contributed by atoms with Crippen molar-refractivity contribution < 1.29 is 8.83 Å². The van der Waals surface area contributed by atoms with Crippen molar-refractivity contribution in [3.05, 3.63) is 194 Å². The van der Waals surface area contributed by atoms with Crippen LogP contribution >= 0.6 is 0 Å². The lowest BCUT2D eigenvalue weighted by Gasteiger charge is -2.26. The fourth-order valence-electron chi connectivity index (χ4n) is 8.50. The van der Waals surface area contributed by atoms with Gasteiger partial charge in [-0.15, -0.1) is 0 Å². The number of fused-ring (bicyclic) bond motifs is 10. The monoisotopic (exact) mass is 732 g/mol. The lowest BCUT2D eigenvalue weighted by Crippen LogP contribution is -2.09. The van der Waals surface area contributed by atoms with Crippen LogP contribution in [0.4, 0.5) is 17.1 Å². The van der Waals surface area contributed by atoms with Crippen molar-refractivity contribution in [3.8, 4) is 27.9 Å². The second-order valence-corrected chi connectivity index (χ2v) is 14.4. The van der Waals surface area contributed by atoms with E-state index < -0.39 is 0 Å². The van der Waals surface area contributed by atoms with E-state index in [4.69, 9.17) is 13.8 Å². The summed E-state index contributed by atoms with van der Waals surface area (Å²) in [5, 5.41) is 3.30. The predicted octanol–water partition coefficient (Wildman–Crippen LogP) is 13.9. The molecule has 0 aliphatic heterocycles. The van der Waals surface area contributed by atoms with E-state index in [9.17, 15) is 0 Å². The SMILES string of the molecule is c1ccc(-c2ccc(N(c3ccc(-c4cccc5c4oc4ccccc45)cc3)c3ccc4c(c3)nc3n(-c5ccccc5)c5c6ccccc6oc5n43)cc2)cc1. The van der Waals surface area contributed by atoms with Gasteiger partial charge in [0.2, 0.25) is 11.5 Å². The summed E-state index contributed by atoms with van der Waals surface area (Å²) >= 11 is 0. The molecule has 0 atom stereocenters. The predicted molar refractivity (Wildman–Crippen MR) is 232 cm³/mol. The molecule has 0 amide bonds. The Kier molecular flexibility index (Phi) is 6.83. The van der Waals surface area contributed by atoms with Crippen molar-refractivity contribution in [2.24, 2.45) is 0 Å². The Morgan fingerprint density at radius 2 is 1.05 bits per heavy atom. The first-order chi connectivity index (χ1) is 28.3. The molecule has 0 bridgehead atoms. The number of nitrogens with zero attached hydrogens (tertiary/aromatic N) is 4. The minimum atomic E-state index is 0.772. The molecular formula is C51H32N4O2. The molecule has 57 heavy (non-hydrogen) atoms. The van der Waals surface area contributed by atoms with Gasteiger partial charge in [0.05, 0.1) is 11.0 Å². The van der Waals surface area contributed by atoms with Crippen LogP contribution < -0.4 is 4.90 Å². The summed E-state index contributed by atoms with van der Waals surface area (Å²) in [5.41, 5.74) is 14.8. The second-order valence-electron chi connectivity index (χ2n) is 14.4. The number of benzene rings is 8. The van der Waals surface area contributed by atoms with Crippen LogP contribution in [0.1, 0.15) is 0 Å². The number of rotatable bonds is 6. The number of hydrogen-bond acceptors (Lipinski definition) is 4. The number of para-hydroxylation sites is 4. The van der Waals surface area contributed by atoms with Gasteiger partial charge in [0.15, 0.2) is 0 Å². The quantitative estimate of drug-likeness (QED) is 0.171. The van der Waals surface area contributed by atoms with Crippen LogP contribution in [-0.2, 0) is 0 Å². The molecule has 0 unspecified atom stereocenters. The van der Waals surface area contributed by atoms with Crippen LogP contribution in [0, 0.1) is 0 Å². The highest BCUT2D eigenvalue weighted by Crippen LogP contribution is 2.42. The fraction of sp³-hybridized carbons (Fsp3) is 0. The van der Waals surface area contributed by atoms with Crippen molar-refractivity contribution in [1.82, 2.24) is 14.0 Å². The first kappa shape index (κ1) is 31.5. The summed E-state index contributed by atoms with van der Waals surface area (Å²) in [4.78, 5) is 7.62. The van der Waals surface area contributed by atoms with Crippen molar-refractivity contribution in [2.75, 3.05) is 4.90 Å². The Morgan fingerprint density at radius 3 is 1.81 bits per heavy atom. The molecule has 0 radical (unpaired) electrons. The normalized spacial score (nSPS) is 11.9. The average molecular weight is 733 g/mol. The van der Waals surface area contributed by atoms with Gasteiger partial charge in [0, 0.05) is 44.5 Å². The summed E-state index contributed by atoms with van der Waals surface area (Å²) in [7, 11) is 0. The zero-order valence-electron chi connectivity index (χ0n) is 30.6. The molecule has 0 saturated heterocycles. The largest absolute Gasteiger partial charge is 0.455 e. The molecule has 0 spiro atoms. The molecule has 0 fully saturated rings. The van der Waals surface area contributed by atoms with Crippen molar-refractivity contribution in [2.45, 2.75) is 0 Å². The first-order valence-corrected chi connectivity index (χ1v) is 19.1. The van der Waals surface area contributed by atoms with Crippen LogP contribution in [0.3, 0.4) is 0 Å². The van der Waals surface area contributed by atoms with Crippen LogP contribution in [-0.4, -0.2) is 14.0 Å². The minimum absolute atomic E-state index is 0.772. The standard InChI is InChI=1S/C51H32N4O2/c1-3-12-33(13-4-1)34-22-26-37(27-23-34)53(38-28-24-35(25-29-38)40-18-11-19-42-41-16-7-9-20-46(41)56-49(40)42)39-30-31-45-44(32-39)52-51-54(36-14-5-2-6-15-36)48-43-17-8-10-21-47(43)57-50(48)55(45)51/h1-32H. The molecule has 6 nitrogen and oxygen atoms in total. The van der Waals surface area contributed by atoms with Crippen LogP contribution in [0.2, 0.25) is 0 Å². The molecule has 4 heterocycles. The third-order valence-corrected chi connectivity index (χ3v) is 11.1. The Labute approximate surface area is 326 Å². The van der Waals surface area contributed by atoms with Gasteiger partial charge in [-0.2, -0.15) is 0 Å². The maximum absolute atomic E-state index is 6.57. The van der Waals surface area contributed by atoms with E-state index in [-0.39, 0.29) is 0 Å². The summed E-state index contributed by atoms with van der Waals surface area (Å²) in [6, 6.07) is 67.8. The summed E-state index contributed by atoms with van der Waals surface area (Å²) in [5.74, 6) is 0.802. The Balaban J connectivity index is 1.02. The van der Waals surface area contributed by atoms with Gasteiger partial charge in [-0.25, -0.2) is 9.38 Å². The molecule has 0 aliphatic carbocycles. The van der Waals surface area contributed by atoms with E-state index in [2.05, 4.69) is 172 Å². The van der Waals surface area contributed by atoms with E-state index >= 15 is 0 Å². The van der Waals surface area contributed by atoms with Gasteiger partial charge in [-0.1, -0.05) is 121 Å². The Morgan fingerprint density at radius 1 is 0.456 bits per heavy atom. The molecule has 6 heteroatoms. The zero-order valence-corrected chi connectivity index (χ0v) is 30.6. The first-order valence-electron chi connectivity index (χ1n) is 19.1. The lowest BCUT2D eigenvalue weighted by atomic mass is 10.0. The third kappa shape index (κ3) is 4.87. The van der Waals surface area contributed by atoms with E-state index in [1.165, 1.54) is 5.56 Å². The molecule has 0 N–H and O–H groups in total. The van der Waals surface area contributed by atoms with Gasteiger partial charge in [0.25, 0.3) is 0 Å². The summed E-state index contributed by atoms with van der Waals surface area (Å²) in [6.07, 6.45) is 0. The summed E-state index contributed by atoms with van der Waals surface area (Å²) < 4.78 is 17.3. The van der Waals surface area contributed by atoms with E-state index in [1.54, 1.807) is 0 Å². The van der Waals surface area contributed by atoms with Gasteiger partial charge < -0.3 is 13.7 Å². The minimum Gasteiger partial charge on any atom is -0.455 e. The molecule has 0 saturated carbocycles. The average Bonchev–Trinajstić information content (AvgIpc) is 4.02. The van der Waals surface area contributed by atoms with Gasteiger partial charge in [-0.05, 0) is 89.5 Å².